The highest BCUT2D eigenvalue weighted by Gasteiger charge is 2.13. The third-order valence-electron chi connectivity index (χ3n) is 9.03. The second-order valence-electron chi connectivity index (χ2n) is 14.4. The maximum atomic E-state index is 10.9. The molecule has 5 N–H and O–H groups in total. The van der Waals surface area contributed by atoms with Gasteiger partial charge < -0.3 is 35.5 Å². The summed E-state index contributed by atoms with van der Waals surface area (Å²) in [5, 5.41) is 10.8. The van der Waals surface area contributed by atoms with E-state index in [4.69, 9.17) is 4.74 Å². The molecule has 17 nitrogen and oxygen atoms in total. The molecule has 0 aliphatic carbocycles. The first-order valence-corrected chi connectivity index (χ1v) is 38.7. The molecule has 540 valence electrons. The molecule has 4 amide bonds. The Balaban J connectivity index is -0.0000000499. The number of hydrogen-bond donors (Lipinski definition) is 5. The number of carbonyl (C=O) groups excluding carboxylic acids is 5. The summed E-state index contributed by atoms with van der Waals surface area (Å²) in [6, 6.07) is -0.0255. The smallest absolute Gasteiger partial charge is 0.407 e. The van der Waals surface area contributed by atoms with Gasteiger partial charge in [-0.15, -0.1) is 0 Å². The summed E-state index contributed by atoms with van der Waals surface area (Å²) in [7, 11) is -5.49. The van der Waals surface area contributed by atoms with Gasteiger partial charge in [0.2, 0.25) is 15.9 Å². The predicted molar refractivity (Wildman–Crippen MR) is 388 cm³/mol. The molecule has 0 atom stereocenters. The number of carbonyl (C=O) groups is 5. The van der Waals surface area contributed by atoms with Crippen molar-refractivity contribution in [1.82, 2.24) is 26.0 Å². The number of cyclic esters (lactones) is 3. The molecule has 7 rings (SSSR count). The minimum Gasteiger partial charge on any atom is -0.466 e. The van der Waals surface area contributed by atoms with Gasteiger partial charge in [-0.25, -0.2) is 35.9 Å². The van der Waals surface area contributed by atoms with E-state index in [1.807, 2.05) is 200 Å². The fourth-order valence-electron chi connectivity index (χ4n) is 5.65. The second-order valence-corrected chi connectivity index (χ2v) is 18.6. The Hall–Kier alpha value is -3.45. The molecule has 0 unspecified atom stereocenters. The quantitative estimate of drug-likeness (QED) is 0.112. The fourth-order valence-corrected chi connectivity index (χ4v) is 8.33. The second kappa shape index (κ2) is 128. The van der Waals surface area contributed by atoms with Crippen LogP contribution in [0.4, 0.5) is 9.59 Å². The van der Waals surface area contributed by atoms with E-state index in [1.165, 1.54) is 12.5 Å². The normalized spacial score (nSPS) is 16.2. The third-order valence-corrected chi connectivity index (χ3v) is 12.3. The standard InChI is InChI=1S/C6H11NO.C6H12O2S.C6H10O2.C6H8O2.C5H10N2O.C5H11NO2S.C5H9NO2.14C2H6.CH4/c8-6-4-2-1-3-5-7-6;7-9(8)5-3-1-2-4-6-9;2*7-6-4-2-1-3-5-8-6;8-5-6-3-1-2-4-7-5;7-9(8)5-3-1-2-4-6-9;7-5-6-3-1-2-4-8-5;14*1-2;/h1-5H2,(H,7,8);1-6H2;1-5H2;2,4H,1,3,5H2;1-4H2,(H2,6,7,8);6H,1-5H2;1-4H2,(H,6,7);14*1-2H3;1H4. The van der Waals surface area contributed by atoms with Crippen LogP contribution in [0.2, 0.25) is 0 Å². The van der Waals surface area contributed by atoms with Crippen molar-refractivity contribution in [2.45, 2.75) is 336 Å². The van der Waals surface area contributed by atoms with Crippen LogP contribution in [0.3, 0.4) is 0 Å². The van der Waals surface area contributed by atoms with E-state index in [0.29, 0.717) is 50.0 Å². The van der Waals surface area contributed by atoms with Crippen LogP contribution >= 0.6 is 0 Å². The number of sulfone groups is 1. The minimum atomic E-state index is -2.87. The molecule has 0 saturated carbocycles. The SMILES string of the molecule is C.CC.CC.CC.CC.CC.CC.CC.CC.CC.CC.CC.CC.CC.CC.O=C1C=CCCCO1.O=C1CCCCCN1.O=C1CCCCCO1.O=C1NCCCCN1.O=C1NCCCCO1.O=S1(=O)CCCCCC1.O=S1(=O)CCCCCN1. The summed E-state index contributed by atoms with van der Waals surface area (Å²) in [5.74, 6) is 1.15. The van der Waals surface area contributed by atoms with Crippen LogP contribution in [0.25, 0.3) is 0 Å². The molecule has 0 radical (unpaired) electrons. The van der Waals surface area contributed by atoms with E-state index in [9.17, 15) is 40.8 Å². The summed E-state index contributed by atoms with van der Waals surface area (Å²) < 4.78 is 59.8. The van der Waals surface area contributed by atoms with Gasteiger partial charge in [0.1, 0.15) is 9.84 Å². The number of ether oxygens (including phenoxy) is 3. The number of sulfonamides is 1. The van der Waals surface area contributed by atoms with Crippen LogP contribution in [-0.4, -0.2) is 117 Å². The van der Waals surface area contributed by atoms with Crippen LogP contribution in [0.1, 0.15) is 336 Å². The Kier molecular flexibility index (Phi) is 178. The van der Waals surface area contributed by atoms with Crippen LogP contribution in [0, 0.1) is 0 Å². The van der Waals surface area contributed by atoms with Crippen molar-refractivity contribution in [2.24, 2.45) is 0 Å². The van der Waals surface area contributed by atoms with Crippen LogP contribution in [0.5, 0.6) is 0 Å². The Morgan fingerprint density at radius 1 is 0.345 bits per heavy atom. The van der Waals surface area contributed by atoms with Gasteiger partial charge in [0.25, 0.3) is 0 Å². The number of rotatable bonds is 0. The summed E-state index contributed by atoms with van der Waals surface area (Å²) in [5.41, 5.74) is 0. The molecular weight excluding hydrogens is 1140 g/mol. The minimum absolute atomic E-state index is 0. The van der Waals surface area contributed by atoms with Crippen molar-refractivity contribution >= 4 is 49.8 Å². The molecule has 87 heavy (non-hydrogen) atoms. The van der Waals surface area contributed by atoms with Gasteiger partial charge in [-0.3, -0.25) is 9.59 Å². The van der Waals surface area contributed by atoms with Gasteiger partial charge in [-0.1, -0.05) is 233 Å². The van der Waals surface area contributed by atoms with E-state index in [0.717, 1.165) is 148 Å². The van der Waals surface area contributed by atoms with Crippen molar-refractivity contribution in [3.63, 3.8) is 0 Å². The van der Waals surface area contributed by atoms with E-state index in [1.54, 1.807) is 0 Å². The van der Waals surface area contributed by atoms with E-state index in [-0.39, 0.29) is 37.4 Å². The number of amides is 4. The molecule has 7 heterocycles. The zero-order valence-corrected chi connectivity index (χ0v) is 64.1. The number of urea groups is 1. The zero-order valence-electron chi connectivity index (χ0n) is 62.5. The number of hydrogen-bond acceptors (Lipinski definition) is 12. The molecule has 19 heteroatoms. The van der Waals surface area contributed by atoms with Crippen LogP contribution in [-0.2, 0) is 48.5 Å². The molecule has 0 bridgehead atoms. The number of allylic oxidation sites excluding steroid dienone is 1. The molecular formula is C68H159N5O12S2. The lowest BCUT2D eigenvalue weighted by Gasteiger charge is -1.96. The predicted octanol–water partition coefficient (Wildman–Crippen LogP) is 19.3. The number of alkyl carbamates (subject to hydrolysis) is 1. The fraction of sp³-hybridized carbons (Fsp3) is 0.897. The summed E-state index contributed by atoms with van der Waals surface area (Å²) >= 11 is 0. The third kappa shape index (κ3) is 133. The molecule has 7 aliphatic heterocycles. The van der Waals surface area contributed by atoms with Gasteiger partial charge in [0.05, 0.1) is 37.1 Å². The molecule has 0 spiro atoms. The van der Waals surface area contributed by atoms with Gasteiger partial charge in [0, 0.05) is 51.6 Å². The van der Waals surface area contributed by atoms with Crippen molar-refractivity contribution in [1.29, 1.82) is 0 Å². The molecule has 0 aromatic heterocycles. The maximum Gasteiger partial charge on any atom is 0.407 e. The van der Waals surface area contributed by atoms with Crippen molar-refractivity contribution in [3.05, 3.63) is 12.2 Å². The topological polar surface area (TPSA) is 241 Å². The Morgan fingerprint density at radius 3 is 1.18 bits per heavy atom. The molecule has 6 saturated heterocycles. The largest absolute Gasteiger partial charge is 0.466 e. The lowest BCUT2D eigenvalue weighted by Crippen LogP contribution is -2.32. The monoisotopic (exact) mass is 1300 g/mol. The van der Waals surface area contributed by atoms with E-state index in [2.05, 4.69) is 35.5 Å². The summed E-state index contributed by atoms with van der Waals surface area (Å²) in [6.07, 6.45) is 24.0. The summed E-state index contributed by atoms with van der Waals surface area (Å²) in [6.45, 7) is 61.7. The van der Waals surface area contributed by atoms with Gasteiger partial charge >= 0.3 is 24.1 Å². The summed E-state index contributed by atoms with van der Waals surface area (Å²) in [4.78, 5) is 52.2. The highest BCUT2D eigenvalue weighted by molar-refractivity contribution is 7.91. The average molecular weight is 1300 g/mol. The highest BCUT2D eigenvalue weighted by atomic mass is 32.2. The van der Waals surface area contributed by atoms with E-state index < -0.39 is 19.9 Å². The molecule has 0 aromatic rings. The van der Waals surface area contributed by atoms with Gasteiger partial charge in [0.15, 0.2) is 0 Å². The average Bonchev–Trinajstić information content (AvgIpc) is 4.33. The first kappa shape index (κ1) is 121. The Morgan fingerprint density at radius 2 is 0.690 bits per heavy atom. The van der Waals surface area contributed by atoms with Crippen LogP contribution < -0.4 is 26.0 Å². The van der Waals surface area contributed by atoms with Gasteiger partial charge in [-0.05, 0) is 96.3 Å². The van der Waals surface area contributed by atoms with Crippen LogP contribution in [0.15, 0.2) is 12.2 Å². The number of esters is 2. The lowest BCUT2D eigenvalue weighted by atomic mass is 10.2. The van der Waals surface area contributed by atoms with E-state index >= 15 is 0 Å². The zero-order chi connectivity index (χ0) is 70.6. The molecule has 7 aliphatic rings. The Labute approximate surface area is 546 Å². The van der Waals surface area contributed by atoms with Gasteiger partial charge in [-0.2, -0.15) is 0 Å². The first-order chi connectivity index (χ1) is 41.9. The lowest BCUT2D eigenvalue weighted by molar-refractivity contribution is -0.142. The highest BCUT2D eigenvalue weighted by Crippen LogP contribution is 2.11. The van der Waals surface area contributed by atoms with Crippen molar-refractivity contribution in [2.75, 3.05) is 69.8 Å². The van der Waals surface area contributed by atoms with Crippen molar-refractivity contribution < 1.29 is 55.0 Å². The maximum absolute atomic E-state index is 10.9. The molecule has 0 aromatic carbocycles. The number of nitrogens with one attached hydrogen (secondary N) is 5. The molecule has 6 fully saturated rings. The Bertz CT molecular complexity index is 1220. The first-order valence-electron chi connectivity index (χ1n) is 35.2. The van der Waals surface area contributed by atoms with Crippen molar-refractivity contribution in [3.8, 4) is 0 Å².